The van der Waals surface area contributed by atoms with E-state index in [1.165, 1.54) is 6.07 Å². The van der Waals surface area contributed by atoms with Gasteiger partial charge in [-0.25, -0.2) is 4.39 Å². The van der Waals surface area contributed by atoms with Crippen molar-refractivity contribution >= 4 is 23.2 Å². The van der Waals surface area contributed by atoms with Crippen LogP contribution in [0.5, 0.6) is 0 Å². The molecular weight excluding hydrogens is 291 g/mol. The zero-order chi connectivity index (χ0) is 15.2. The van der Waals surface area contributed by atoms with Gasteiger partial charge in [-0.1, -0.05) is 41.9 Å². The van der Waals surface area contributed by atoms with Crippen molar-refractivity contribution in [2.24, 2.45) is 0 Å². The van der Waals surface area contributed by atoms with Crippen molar-refractivity contribution in [2.75, 3.05) is 18.9 Å². The van der Waals surface area contributed by atoms with Crippen LogP contribution in [0.25, 0.3) is 0 Å². The molecule has 21 heavy (non-hydrogen) atoms. The van der Waals surface area contributed by atoms with Gasteiger partial charge in [0.2, 0.25) is 5.91 Å². The smallest absolute Gasteiger partial charge is 0.238 e. The standard InChI is InChI=1S/C16H16ClFN2O/c1-20(10-12-6-2-4-8-14(12)18)11-16(21)19-15-9-5-3-7-13(15)17/h2-9H,10-11H2,1H3,(H,19,21). The van der Waals surface area contributed by atoms with Gasteiger partial charge in [-0.15, -0.1) is 0 Å². The molecule has 2 aromatic carbocycles. The molecule has 0 atom stereocenters. The lowest BCUT2D eigenvalue weighted by atomic mass is 10.2. The minimum absolute atomic E-state index is 0.152. The summed E-state index contributed by atoms with van der Waals surface area (Å²) >= 11 is 5.98. The Morgan fingerprint density at radius 2 is 1.86 bits per heavy atom. The summed E-state index contributed by atoms with van der Waals surface area (Å²) in [6.07, 6.45) is 0. The lowest BCUT2D eigenvalue weighted by molar-refractivity contribution is -0.117. The van der Waals surface area contributed by atoms with Gasteiger partial charge in [-0.2, -0.15) is 0 Å². The number of rotatable bonds is 5. The van der Waals surface area contributed by atoms with E-state index in [0.29, 0.717) is 22.8 Å². The Hall–Kier alpha value is -1.91. The Morgan fingerprint density at radius 3 is 2.57 bits per heavy atom. The quantitative estimate of drug-likeness (QED) is 0.916. The van der Waals surface area contributed by atoms with Crippen LogP contribution in [0.1, 0.15) is 5.56 Å². The summed E-state index contributed by atoms with van der Waals surface area (Å²) in [6, 6.07) is 13.6. The van der Waals surface area contributed by atoms with Gasteiger partial charge in [-0.05, 0) is 25.2 Å². The van der Waals surface area contributed by atoms with E-state index in [2.05, 4.69) is 5.32 Å². The fourth-order valence-corrected chi connectivity index (χ4v) is 2.15. The normalized spacial score (nSPS) is 10.7. The molecule has 2 aromatic rings. The van der Waals surface area contributed by atoms with Crippen LogP contribution in [0, 0.1) is 5.82 Å². The van der Waals surface area contributed by atoms with Crippen LogP contribution < -0.4 is 5.32 Å². The summed E-state index contributed by atoms with van der Waals surface area (Å²) < 4.78 is 13.5. The maximum atomic E-state index is 13.5. The van der Waals surface area contributed by atoms with Gasteiger partial charge in [0.15, 0.2) is 0 Å². The Balaban J connectivity index is 1.91. The number of likely N-dealkylation sites (N-methyl/N-ethyl adjacent to an activating group) is 1. The SMILES string of the molecule is CN(CC(=O)Nc1ccccc1Cl)Cc1ccccc1F. The van der Waals surface area contributed by atoms with E-state index in [9.17, 15) is 9.18 Å². The highest BCUT2D eigenvalue weighted by molar-refractivity contribution is 6.33. The topological polar surface area (TPSA) is 32.3 Å². The number of carbonyl (C=O) groups is 1. The number of anilines is 1. The predicted octanol–water partition coefficient (Wildman–Crippen LogP) is 3.55. The summed E-state index contributed by atoms with van der Waals surface area (Å²) in [7, 11) is 1.76. The predicted molar refractivity (Wildman–Crippen MR) is 82.8 cm³/mol. The first-order chi connectivity index (χ1) is 10.1. The van der Waals surface area contributed by atoms with Crippen LogP contribution in [-0.4, -0.2) is 24.4 Å². The number of nitrogens with zero attached hydrogens (tertiary/aromatic N) is 1. The Labute approximate surface area is 128 Å². The average Bonchev–Trinajstić information content (AvgIpc) is 2.44. The molecule has 1 amide bonds. The first kappa shape index (κ1) is 15.5. The van der Waals surface area contributed by atoms with E-state index < -0.39 is 0 Å². The number of para-hydroxylation sites is 1. The van der Waals surface area contributed by atoms with Crippen LogP contribution >= 0.6 is 11.6 Å². The van der Waals surface area contributed by atoms with E-state index >= 15 is 0 Å². The van der Waals surface area contributed by atoms with Gasteiger partial charge >= 0.3 is 0 Å². The van der Waals surface area contributed by atoms with E-state index in [0.717, 1.165) is 0 Å². The van der Waals surface area contributed by atoms with Gasteiger partial charge in [0.25, 0.3) is 0 Å². The average molecular weight is 307 g/mol. The molecule has 0 radical (unpaired) electrons. The van der Waals surface area contributed by atoms with Crippen LogP contribution in [0.4, 0.5) is 10.1 Å². The highest BCUT2D eigenvalue weighted by Crippen LogP contribution is 2.20. The molecule has 0 aliphatic rings. The van der Waals surface area contributed by atoms with Crippen LogP contribution in [0.15, 0.2) is 48.5 Å². The lowest BCUT2D eigenvalue weighted by Crippen LogP contribution is -2.30. The number of amides is 1. The second-order valence-electron chi connectivity index (χ2n) is 4.79. The molecule has 0 aliphatic carbocycles. The number of hydrogen-bond acceptors (Lipinski definition) is 2. The molecule has 3 nitrogen and oxygen atoms in total. The van der Waals surface area contributed by atoms with Gasteiger partial charge < -0.3 is 5.32 Å². The first-order valence-corrected chi connectivity index (χ1v) is 6.90. The molecular formula is C16H16ClFN2O. The van der Waals surface area contributed by atoms with E-state index in [-0.39, 0.29) is 18.3 Å². The van der Waals surface area contributed by atoms with Gasteiger partial charge in [-0.3, -0.25) is 9.69 Å². The van der Waals surface area contributed by atoms with Crippen molar-refractivity contribution in [1.29, 1.82) is 0 Å². The Bertz CT molecular complexity index is 633. The molecule has 0 heterocycles. The first-order valence-electron chi connectivity index (χ1n) is 6.52. The minimum atomic E-state index is -0.268. The van der Waals surface area contributed by atoms with Gasteiger partial charge in [0.05, 0.1) is 17.3 Å². The molecule has 1 N–H and O–H groups in total. The monoisotopic (exact) mass is 306 g/mol. The Kier molecular flexibility index (Phi) is 5.31. The summed E-state index contributed by atoms with van der Waals surface area (Å²) in [4.78, 5) is 13.7. The summed E-state index contributed by atoms with van der Waals surface area (Å²) in [6.45, 7) is 0.516. The number of benzene rings is 2. The van der Waals surface area contributed by atoms with Crippen molar-refractivity contribution in [3.8, 4) is 0 Å². The number of nitrogens with one attached hydrogen (secondary N) is 1. The van der Waals surface area contributed by atoms with Crippen molar-refractivity contribution in [3.05, 3.63) is 64.9 Å². The highest BCUT2D eigenvalue weighted by Gasteiger charge is 2.10. The highest BCUT2D eigenvalue weighted by atomic mass is 35.5. The number of halogens is 2. The molecule has 0 saturated carbocycles. The third kappa shape index (κ3) is 4.55. The third-order valence-corrected chi connectivity index (χ3v) is 3.29. The minimum Gasteiger partial charge on any atom is -0.324 e. The lowest BCUT2D eigenvalue weighted by Gasteiger charge is -2.17. The molecule has 2 rings (SSSR count). The molecule has 5 heteroatoms. The summed E-state index contributed by atoms with van der Waals surface area (Å²) in [5, 5.41) is 3.22. The maximum Gasteiger partial charge on any atom is 0.238 e. The zero-order valence-electron chi connectivity index (χ0n) is 11.6. The fraction of sp³-hybridized carbons (Fsp3) is 0.188. The molecule has 0 bridgehead atoms. The molecule has 0 fully saturated rings. The van der Waals surface area contributed by atoms with Crippen LogP contribution in [0.3, 0.4) is 0 Å². The molecule has 0 saturated heterocycles. The molecule has 110 valence electrons. The molecule has 0 aliphatic heterocycles. The third-order valence-electron chi connectivity index (χ3n) is 2.96. The van der Waals surface area contributed by atoms with Crippen molar-refractivity contribution in [1.82, 2.24) is 4.90 Å². The van der Waals surface area contributed by atoms with E-state index in [4.69, 9.17) is 11.6 Å². The maximum absolute atomic E-state index is 13.5. The van der Waals surface area contributed by atoms with Gasteiger partial charge in [0, 0.05) is 12.1 Å². The Morgan fingerprint density at radius 1 is 1.19 bits per heavy atom. The van der Waals surface area contributed by atoms with Crippen LogP contribution in [-0.2, 0) is 11.3 Å². The number of carbonyl (C=O) groups excluding carboxylic acids is 1. The molecule has 0 aromatic heterocycles. The second-order valence-corrected chi connectivity index (χ2v) is 5.20. The van der Waals surface area contributed by atoms with Crippen molar-refractivity contribution in [3.63, 3.8) is 0 Å². The number of hydrogen-bond donors (Lipinski definition) is 1. The summed E-state index contributed by atoms with van der Waals surface area (Å²) in [5.74, 6) is -0.460. The fourth-order valence-electron chi connectivity index (χ4n) is 1.97. The largest absolute Gasteiger partial charge is 0.324 e. The second kappa shape index (κ2) is 7.20. The molecule has 0 spiro atoms. The van der Waals surface area contributed by atoms with Crippen molar-refractivity contribution in [2.45, 2.75) is 6.54 Å². The molecule has 0 unspecified atom stereocenters. The summed E-state index contributed by atoms with van der Waals surface area (Å²) in [5.41, 5.74) is 1.13. The van der Waals surface area contributed by atoms with Crippen LogP contribution in [0.2, 0.25) is 5.02 Å². The van der Waals surface area contributed by atoms with E-state index in [1.807, 2.05) is 0 Å². The van der Waals surface area contributed by atoms with Crippen molar-refractivity contribution < 1.29 is 9.18 Å². The van der Waals surface area contributed by atoms with E-state index in [1.54, 1.807) is 54.4 Å². The zero-order valence-corrected chi connectivity index (χ0v) is 12.4. The van der Waals surface area contributed by atoms with Gasteiger partial charge in [0.1, 0.15) is 5.82 Å².